The lowest BCUT2D eigenvalue weighted by Gasteiger charge is -2.35. The number of hydrogen-bond donors (Lipinski definition) is 2. The summed E-state index contributed by atoms with van der Waals surface area (Å²) in [6.45, 7) is 8.03. The van der Waals surface area contributed by atoms with E-state index in [2.05, 4.69) is 39.5 Å². The number of rotatable bonds is 7. The number of nitrogens with one attached hydrogen (secondary N) is 2. The first-order valence-corrected chi connectivity index (χ1v) is 10.2. The van der Waals surface area contributed by atoms with Crippen molar-refractivity contribution in [1.29, 1.82) is 0 Å². The number of nitrogens with zero attached hydrogens (tertiary/aromatic N) is 4. The third kappa shape index (κ3) is 5.63. The van der Waals surface area contributed by atoms with E-state index < -0.39 is 6.04 Å². The molecule has 1 aliphatic heterocycles. The van der Waals surface area contributed by atoms with E-state index in [9.17, 15) is 9.59 Å². The molecule has 0 radical (unpaired) electrons. The highest BCUT2D eigenvalue weighted by atomic mass is 16.2. The second kappa shape index (κ2) is 9.65. The maximum Gasteiger partial charge on any atom is 0.249 e. The van der Waals surface area contributed by atoms with Gasteiger partial charge in [-0.1, -0.05) is 20.3 Å². The van der Waals surface area contributed by atoms with Gasteiger partial charge in [0.1, 0.15) is 18.7 Å². The third-order valence-electron chi connectivity index (χ3n) is 5.15. The Morgan fingerprint density at radius 2 is 1.79 bits per heavy atom. The molecule has 2 amide bonds. The fourth-order valence-corrected chi connectivity index (χ4v) is 3.62. The van der Waals surface area contributed by atoms with Gasteiger partial charge < -0.3 is 10.6 Å². The van der Waals surface area contributed by atoms with Gasteiger partial charge in [-0.2, -0.15) is 5.10 Å². The zero-order valence-electron chi connectivity index (χ0n) is 17.3. The summed E-state index contributed by atoms with van der Waals surface area (Å²) < 4.78 is 1.50. The molecule has 1 aliphatic rings. The smallest absolute Gasteiger partial charge is 0.249 e. The van der Waals surface area contributed by atoms with Gasteiger partial charge in [0.15, 0.2) is 0 Å². The average molecular weight is 399 g/mol. The van der Waals surface area contributed by atoms with E-state index in [4.69, 9.17) is 0 Å². The summed E-state index contributed by atoms with van der Waals surface area (Å²) in [7, 11) is 0. The van der Waals surface area contributed by atoms with E-state index in [0.29, 0.717) is 11.6 Å². The summed E-state index contributed by atoms with van der Waals surface area (Å²) in [5, 5.41) is 9.87. The van der Waals surface area contributed by atoms with Crippen molar-refractivity contribution in [3.63, 3.8) is 0 Å². The van der Waals surface area contributed by atoms with Gasteiger partial charge in [-0.05, 0) is 56.5 Å². The predicted molar refractivity (Wildman–Crippen MR) is 112 cm³/mol. The first-order chi connectivity index (χ1) is 13.9. The zero-order chi connectivity index (χ0) is 20.8. The average Bonchev–Trinajstić information content (AvgIpc) is 3.23. The molecule has 2 heterocycles. The molecule has 8 nitrogen and oxygen atoms in total. The van der Waals surface area contributed by atoms with Crippen molar-refractivity contribution in [2.45, 2.75) is 52.1 Å². The molecule has 0 unspecified atom stereocenters. The minimum Gasteiger partial charge on any atom is -0.325 e. The summed E-state index contributed by atoms with van der Waals surface area (Å²) in [4.78, 5) is 31.3. The fourth-order valence-electron chi connectivity index (χ4n) is 3.62. The van der Waals surface area contributed by atoms with Gasteiger partial charge in [-0.15, -0.1) is 0 Å². The quantitative estimate of drug-likeness (QED) is 0.748. The molecule has 0 bridgehead atoms. The third-order valence-corrected chi connectivity index (χ3v) is 5.15. The molecule has 8 heteroatoms. The maximum absolute atomic E-state index is 12.8. The first-order valence-electron chi connectivity index (χ1n) is 10.2. The highest BCUT2D eigenvalue weighted by Crippen LogP contribution is 2.21. The van der Waals surface area contributed by atoms with Gasteiger partial charge in [0.25, 0.3) is 0 Å². The van der Waals surface area contributed by atoms with Gasteiger partial charge in [-0.3, -0.25) is 14.5 Å². The Kier molecular flexibility index (Phi) is 6.98. The monoisotopic (exact) mass is 398 g/mol. The molecular weight excluding hydrogens is 368 g/mol. The van der Waals surface area contributed by atoms with Crippen molar-refractivity contribution < 1.29 is 9.59 Å². The molecule has 0 aliphatic carbocycles. The summed E-state index contributed by atoms with van der Waals surface area (Å²) >= 11 is 0. The van der Waals surface area contributed by atoms with Crippen LogP contribution in [0.4, 0.5) is 11.4 Å². The molecule has 29 heavy (non-hydrogen) atoms. The summed E-state index contributed by atoms with van der Waals surface area (Å²) in [6.07, 6.45) is 6.04. The molecule has 3 rings (SSSR count). The van der Waals surface area contributed by atoms with Gasteiger partial charge in [0, 0.05) is 17.9 Å². The van der Waals surface area contributed by atoms with Crippen LogP contribution in [0.3, 0.4) is 0 Å². The van der Waals surface area contributed by atoms with Crippen LogP contribution in [0.15, 0.2) is 36.9 Å². The maximum atomic E-state index is 12.8. The Labute approximate surface area is 171 Å². The lowest BCUT2D eigenvalue weighted by atomic mass is 9.99. The van der Waals surface area contributed by atoms with Crippen molar-refractivity contribution in [1.82, 2.24) is 19.7 Å². The van der Waals surface area contributed by atoms with E-state index >= 15 is 0 Å². The van der Waals surface area contributed by atoms with Crippen molar-refractivity contribution >= 4 is 23.2 Å². The molecule has 0 saturated carbocycles. The van der Waals surface area contributed by atoms with Gasteiger partial charge in [-0.25, -0.2) is 9.67 Å². The second-order valence-corrected chi connectivity index (χ2v) is 8.01. The Balaban J connectivity index is 1.57. The number of benzene rings is 1. The van der Waals surface area contributed by atoms with Crippen LogP contribution in [0.5, 0.6) is 0 Å². The second-order valence-electron chi connectivity index (χ2n) is 8.01. The Morgan fingerprint density at radius 1 is 1.10 bits per heavy atom. The molecule has 1 saturated heterocycles. The molecule has 1 aromatic heterocycles. The SMILES string of the molecule is CC(C)CN1CCCC[C@H]1C(=O)Nc1ccc(NC(=O)[C@@H](C)n2cncn2)cc1. The lowest BCUT2D eigenvalue weighted by molar-refractivity contribution is -0.122. The summed E-state index contributed by atoms with van der Waals surface area (Å²) in [6, 6.07) is 6.65. The van der Waals surface area contributed by atoms with Crippen LogP contribution in [-0.2, 0) is 9.59 Å². The number of aromatic nitrogens is 3. The normalized spacial score (nSPS) is 18.4. The van der Waals surface area contributed by atoms with E-state index in [-0.39, 0.29) is 17.9 Å². The van der Waals surface area contributed by atoms with E-state index in [1.165, 1.54) is 17.3 Å². The molecular formula is C21H30N6O2. The number of carbonyl (C=O) groups excluding carboxylic acids is 2. The standard InChI is InChI=1S/C21H30N6O2/c1-15(2)12-26-11-5-4-6-19(26)21(29)25-18-9-7-17(8-10-18)24-20(28)16(3)27-14-22-13-23-27/h7-10,13-16,19H,4-6,11-12H2,1-3H3,(H,24,28)(H,25,29)/t16-,19+/m1/s1. The summed E-state index contributed by atoms with van der Waals surface area (Å²) in [5.41, 5.74) is 1.39. The molecule has 1 aromatic carbocycles. The van der Waals surface area contributed by atoms with Crippen molar-refractivity contribution in [3.8, 4) is 0 Å². The summed E-state index contributed by atoms with van der Waals surface area (Å²) in [5.74, 6) is 0.395. The number of anilines is 2. The highest BCUT2D eigenvalue weighted by Gasteiger charge is 2.28. The minimum atomic E-state index is -0.463. The Bertz CT molecular complexity index is 803. The number of hydrogen-bond acceptors (Lipinski definition) is 5. The van der Waals surface area contributed by atoms with Crippen molar-refractivity contribution in [2.24, 2.45) is 5.92 Å². The minimum absolute atomic E-state index is 0.0435. The van der Waals surface area contributed by atoms with E-state index in [1.807, 2.05) is 12.1 Å². The number of carbonyl (C=O) groups is 2. The van der Waals surface area contributed by atoms with Crippen LogP contribution in [0.25, 0.3) is 0 Å². The van der Waals surface area contributed by atoms with E-state index in [0.717, 1.165) is 38.0 Å². The topological polar surface area (TPSA) is 92.2 Å². The molecule has 2 atom stereocenters. The van der Waals surface area contributed by atoms with Gasteiger partial charge >= 0.3 is 0 Å². The van der Waals surface area contributed by atoms with Gasteiger partial charge in [0.2, 0.25) is 11.8 Å². The van der Waals surface area contributed by atoms with Crippen LogP contribution < -0.4 is 10.6 Å². The number of likely N-dealkylation sites (tertiary alicyclic amines) is 1. The largest absolute Gasteiger partial charge is 0.325 e. The van der Waals surface area contributed by atoms with Crippen molar-refractivity contribution in [2.75, 3.05) is 23.7 Å². The Morgan fingerprint density at radius 3 is 2.41 bits per heavy atom. The van der Waals surface area contributed by atoms with Crippen LogP contribution in [-0.4, -0.2) is 50.6 Å². The van der Waals surface area contributed by atoms with Gasteiger partial charge in [0.05, 0.1) is 6.04 Å². The fraction of sp³-hybridized carbons (Fsp3) is 0.524. The zero-order valence-corrected chi connectivity index (χ0v) is 17.3. The molecule has 156 valence electrons. The van der Waals surface area contributed by atoms with Crippen LogP contribution >= 0.6 is 0 Å². The van der Waals surface area contributed by atoms with Crippen molar-refractivity contribution in [3.05, 3.63) is 36.9 Å². The van der Waals surface area contributed by atoms with E-state index in [1.54, 1.807) is 19.1 Å². The predicted octanol–water partition coefficient (Wildman–Crippen LogP) is 2.93. The molecule has 1 fully saturated rings. The molecule has 2 aromatic rings. The first kappa shape index (κ1) is 21.0. The molecule has 2 N–H and O–H groups in total. The number of amides is 2. The lowest BCUT2D eigenvalue weighted by Crippen LogP contribution is -2.48. The Hall–Kier alpha value is -2.74. The van der Waals surface area contributed by atoms with Crippen LogP contribution in [0.2, 0.25) is 0 Å². The van der Waals surface area contributed by atoms with Crippen LogP contribution in [0, 0.1) is 5.92 Å². The number of piperidine rings is 1. The molecule has 0 spiro atoms. The highest BCUT2D eigenvalue weighted by molar-refractivity contribution is 5.96. The van der Waals surface area contributed by atoms with Crippen LogP contribution in [0.1, 0.15) is 46.1 Å².